The van der Waals surface area contributed by atoms with Crippen molar-refractivity contribution >= 4 is 27.3 Å². The highest BCUT2D eigenvalue weighted by atomic mass is 79.9. The summed E-state index contributed by atoms with van der Waals surface area (Å²) >= 11 is 4.96. The van der Waals surface area contributed by atoms with E-state index in [0.29, 0.717) is 30.6 Å². The van der Waals surface area contributed by atoms with Crippen molar-refractivity contribution in [3.8, 4) is 10.8 Å². The second-order valence-corrected chi connectivity index (χ2v) is 7.97. The molecule has 0 radical (unpaired) electrons. The van der Waals surface area contributed by atoms with Crippen LogP contribution < -0.4 is 0 Å². The van der Waals surface area contributed by atoms with Crippen LogP contribution in [0.4, 0.5) is 0 Å². The lowest BCUT2D eigenvalue weighted by molar-refractivity contribution is 0.446. The smallest absolute Gasteiger partial charge is 0.257 e. The summed E-state index contributed by atoms with van der Waals surface area (Å²) in [7, 11) is 0. The molecule has 3 heterocycles. The van der Waals surface area contributed by atoms with E-state index in [2.05, 4.69) is 72.7 Å². The van der Waals surface area contributed by atoms with Crippen molar-refractivity contribution in [1.82, 2.24) is 30.4 Å². The van der Waals surface area contributed by atoms with Crippen LogP contribution in [0, 0.1) is 6.92 Å². The van der Waals surface area contributed by atoms with Crippen molar-refractivity contribution in [2.45, 2.75) is 19.9 Å². The molecule has 126 valence electrons. The molecule has 0 spiro atoms. The van der Waals surface area contributed by atoms with Gasteiger partial charge in [-0.25, -0.2) is 0 Å². The average molecular weight is 417 g/mol. The molecule has 0 fully saturated rings. The Morgan fingerprint density at radius 1 is 1.08 bits per heavy atom. The predicted molar refractivity (Wildman–Crippen MR) is 96.2 cm³/mol. The van der Waals surface area contributed by atoms with Gasteiger partial charge in [0.15, 0.2) is 5.82 Å². The Kier molecular flexibility index (Phi) is 4.41. The zero-order valence-corrected chi connectivity index (χ0v) is 15.7. The minimum Gasteiger partial charge on any atom is -0.418 e. The molecule has 0 amide bonds. The molecule has 4 rings (SSSR count). The van der Waals surface area contributed by atoms with Crippen LogP contribution in [0.3, 0.4) is 0 Å². The van der Waals surface area contributed by atoms with Crippen molar-refractivity contribution < 1.29 is 4.42 Å². The molecular weight excluding hydrogens is 404 g/mol. The van der Waals surface area contributed by atoms with Crippen molar-refractivity contribution in [3.63, 3.8) is 0 Å². The zero-order chi connectivity index (χ0) is 17.2. The molecule has 9 heteroatoms. The predicted octanol–water partition coefficient (Wildman–Crippen LogP) is 3.49. The second kappa shape index (κ2) is 6.85. The summed E-state index contributed by atoms with van der Waals surface area (Å²) in [5, 5.41) is 20.6. The van der Waals surface area contributed by atoms with Gasteiger partial charge in [0.05, 0.1) is 8.66 Å². The molecule has 0 bridgehead atoms. The maximum absolute atomic E-state index is 5.67. The molecule has 7 nitrogen and oxygen atoms in total. The highest BCUT2D eigenvalue weighted by Gasteiger charge is 2.13. The number of hydrogen-bond acceptors (Lipinski definition) is 7. The van der Waals surface area contributed by atoms with E-state index in [0.717, 1.165) is 14.2 Å². The van der Waals surface area contributed by atoms with Crippen molar-refractivity contribution in [1.29, 1.82) is 0 Å². The number of thiophene rings is 1. The molecule has 0 unspecified atom stereocenters. The molecule has 0 aliphatic carbocycles. The number of aromatic nitrogens is 6. The summed E-state index contributed by atoms with van der Waals surface area (Å²) in [5.41, 5.74) is 2.37. The minimum absolute atomic E-state index is 0.292. The van der Waals surface area contributed by atoms with E-state index in [1.807, 2.05) is 12.1 Å². The fraction of sp³-hybridized carbons (Fsp3) is 0.188. The van der Waals surface area contributed by atoms with Crippen LogP contribution in [-0.4, -0.2) is 30.4 Å². The number of hydrogen-bond donors (Lipinski definition) is 0. The maximum Gasteiger partial charge on any atom is 0.257 e. The van der Waals surface area contributed by atoms with E-state index in [4.69, 9.17) is 4.42 Å². The van der Waals surface area contributed by atoms with Crippen molar-refractivity contribution in [3.05, 3.63) is 63.0 Å². The summed E-state index contributed by atoms with van der Waals surface area (Å²) in [4.78, 5) is 2.38. The number of aryl methyl sites for hydroxylation is 1. The standard InChI is InChI=1S/C16H13BrN6OS/c1-10-2-4-11(5-3-10)8-14-18-22-23(21-14)9-15-19-20-16(24-15)12-6-7-13(17)25-12/h2-7H,8-9H2,1H3. The monoisotopic (exact) mass is 416 g/mol. The Hall–Kier alpha value is -2.39. The number of benzene rings is 1. The van der Waals surface area contributed by atoms with E-state index in [9.17, 15) is 0 Å². The summed E-state index contributed by atoms with van der Waals surface area (Å²) in [6.07, 6.45) is 0.637. The van der Waals surface area contributed by atoms with Crippen LogP contribution in [0.5, 0.6) is 0 Å². The highest BCUT2D eigenvalue weighted by molar-refractivity contribution is 9.11. The number of nitrogens with zero attached hydrogens (tertiary/aromatic N) is 6. The Morgan fingerprint density at radius 2 is 1.92 bits per heavy atom. The summed E-state index contributed by atoms with van der Waals surface area (Å²) < 4.78 is 6.68. The van der Waals surface area contributed by atoms with Gasteiger partial charge in [-0.05, 0) is 45.8 Å². The Labute approximate surface area is 155 Å². The van der Waals surface area contributed by atoms with Crippen LogP contribution in [0.15, 0.2) is 44.6 Å². The lowest BCUT2D eigenvalue weighted by atomic mass is 10.1. The van der Waals surface area contributed by atoms with Gasteiger partial charge in [0.2, 0.25) is 5.89 Å². The number of tetrazole rings is 1. The highest BCUT2D eigenvalue weighted by Crippen LogP contribution is 2.30. The molecule has 25 heavy (non-hydrogen) atoms. The first-order valence-corrected chi connectivity index (χ1v) is 9.17. The number of halogens is 1. The lowest BCUT2D eigenvalue weighted by Crippen LogP contribution is -2.04. The van der Waals surface area contributed by atoms with Gasteiger partial charge in [-0.2, -0.15) is 4.80 Å². The molecule has 1 aromatic carbocycles. The van der Waals surface area contributed by atoms with Gasteiger partial charge < -0.3 is 4.42 Å². The molecular formula is C16H13BrN6OS. The molecule has 0 atom stereocenters. The topological polar surface area (TPSA) is 82.5 Å². The largest absolute Gasteiger partial charge is 0.418 e. The first kappa shape index (κ1) is 16.1. The van der Waals surface area contributed by atoms with E-state index < -0.39 is 0 Å². The summed E-state index contributed by atoms with van der Waals surface area (Å²) in [6, 6.07) is 12.2. The SMILES string of the molecule is Cc1ccc(Cc2nnn(Cc3nnc(-c4ccc(Br)s4)o3)n2)cc1. The van der Waals surface area contributed by atoms with Gasteiger partial charge in [-0.3, -0.25) is 0 Å². The van der Waals surface area contributed by atoms with Crippen molar-refractivity contribution in [2.75, 3.05) is 0 Å². The van der Waals surface area contributed by atoms with E-state index >= 15 is 0 Å². The molecule has 0 saturated carbocycles. The third-order valence-corrected chi connectivity index (χ3v) is 5.12. The maximum atomic E-state index is 5.67. The average Bonchev–Trinajstić information content (AvgIpc) is 3.32. The van der Waals surface area contributed by atoms with Crippen LogP contribution in [-0.2, 0) is 13.0 Å². The fourth-order valence-electron chi connectivity index (χ4n) is 2.27. The Bertz CT molecular complexity index is 990. The van der Waals surface area contributed by atoms with Gasteiger partial charge in [-0.1, -0.05) is 29.8 Å². The number of rotatable bonds is 5. The summed E-state index contributed by atoms with van der Waals surface area (Å²) in [5.74, 6) is 1.59. The Balaban J connectivity index is 1.44. The van der Waals surface area contributed by atoms with Crippen LogP contribution in [0.2, 0.25) is 0 Å². The zero-order valence-electron chi connectivity index (χ0n) is 13.3. The molecule has 0 aliphatic heterocycles. The van der Waals surface area contributed by atoms with Gasteiger partial charge in [0.1, 0.15) is 6.54 Å². The van der Waals surface area contributed by atoms with Crippen molar-refractivity contribution in [2.24, 2.45) is 0 Å². The minimum atomic E-state index is 0.292. The van der Waals surface area contributed by atoms with Crippen LogP contribution in [0.25, 0.3) is 10.8 Å². The Morgan fingerprint density at radius 3 is 2.68 bits per heavy atom. The first-order valence-electron chi connectivity index (χ1n) is 7.56. The van der Waals surface area contributed by atoms with Crippen LogP contribution in [0.1, 0.15) is 22.8 Å². The third-order valence-electron chi connectivity index (χ3n) is 3.50. The molecule has 0 saturated heterocycles. The molecule has 3 aromatic heterocycles. The summed E-state index contributed by atoms with van der Waals surface area (Å²) in [6.45, 7) is 2.35. The molecule has 4 aromatic rings. The fourth-order valence-corrected chi connectivity index (χ4v) is 3.58. The van der Waals surface area contributed by atoms with E-state index in [-0.39, 0.29) is 0 Å². The first-order chi connectivity index (χ1) is 12.2. The molecule has 0 aliphatic rings. The quantitative estimate of drug-likeness (QED) is 0.495. The van der Waals surface area contributed by atoms with Gasteiger partial charge in [0, 0.05) is 6.42 Å². The van der Waals surface area contributed by atoms with Gasteiger partial charge >= 0.3 is 0 Å². The van der Waals surface area contributed by atoms with E-state index in [1.165, 1.54) is 21.7 Å². The normalized spacial score (nSPS) is 11.1. The second-order valence-electron chi connectivity index (χ2n) is 5.50. The van der Waals surface area contributed by atoms with Crippen LogP contribution >= 0.6 is 27.3 Å². The van der Waals surface area contributed by atoms with E-state index in [1.54, 1.807) is 0 Å². The lowest BCUT2D eigenvalue weighted by Gasteiger charge is -1.97. The van der Waals surface area contributed by atoms with Gasteiger partial charge in [-0.15, -0.1) is 31.7 Å². The van der Waals surface area contributed by atoms with Gasteiger partial charge in [0.25, 0.3) is 5.89 Å². The molecule has 0 N–H and O–H groups in total. The third kappa shape index (κ3) is 3.83.